The molecule has 48 heavy (non-hydrogen) atoms. The van der Waals surface area contributed by atoms with Crippen molar-refractivity contribution in [3.8, 4) is 11.5 Å². The van der Waals surface area contributed by atoms with Crippen LogP contribution in [0.2, 0.25) is 10.0 Å². The topological polar surface area (TPSA) is 125 Å². The van der Waals surface area contributed by atoms with Crippen molar-refractivity contribution < 1.29 is 29.0 Å². The lowest BCUT2D eigenvalue weighted by Gasteiger charge is -2.50. The average Bonchev–Trinajstić information content (AvgIpc) is 3.50. The normalized spacial score (nSPS) is 27.7. The molecule has 8 rings (SSSR count). The number of hydrogen-bond acceptors (Lipinski definition) is 7. The Morgan fingerprint density at radius 3 is 2.46 bits per heavy atom. The number of rotatable bonds is 5. The number of methoxy groups -OCH3 is 1. The lowest BCUT2D eigenvalue weighted by Crippen LogP contribution is -2.53. The van der Waals surface area contributed by atoms with Gasteiger partial charge in [0.1, 0.15) is 11.5 Å². The number of nitrogens with one attached hydrogen (secondary N) is 2. The Morgan fingerprint density at radius 1 is 0.938 bits per heavy atom. The summed E-state index contributed by atoms with van der Waals surface area (Å²) in [4.78, 5) is 56.2. The third-order valence-corrected chi connectivity index (χ3v) is 11.2. The van der Waals surface area contributed by atoms with E-state index < -0.39 is 52.7 Å². The van der Waals surface area contributed by atoms with Crippen LogP contribution in [0.3, 0.4) is 0 Å². The van der Waals surface area contributed by atoms with Crippen LogP contribution in [0.4, 0.5) is 5.69 Å². The number of aromatic hydroxyl groups is 1. The molecular weight excluding hydrogens is 653 g/mol. The van der Waals surface area contributed by atoms with Gasteiger partial charge in [0.2, 0.25) is 11.8 Å². The Kier molecular flexibility index (Phi) is 7.05. The summed E-state index contributed by atoms with van der Waals surface area (Å²) >= 11 is 12.6. The quantitative estimate of drug-likeness (QED) is 0.171. The number of nitrogens with zero attached hydrogens (tertiary/aromatic N) is 1. The van der Waals surface area contributed by atoms with Gasteiger partial charge in [-0.25, -0.2) is 0 Å². The Hall–Kier alpha value is -4.86. The van der Waals surface area contributed by atoms with E-state index in [9.17, 15) is 19.5 Å². The molecular formula is C37H29Cl2N3O6. The molecule has 6 atom stereocenters. The molecule has 4 amide bonds. The Morgan fingerprint density at radius 2 is 1.71 bits per heavy atom. The third-order valence-electron chi connectivity index (χ3n) is 10.7. The van der Waals surface area contributed by atoms with Gasteiger partial charge in [0.05, 0.1) is 41.0 Å². The SMILES string of the molecule is COc1ccc(C23C(=O)N(Nc4ccc(Cl)cc4Cl)C(=O)C2CC2C(=CCC4C(=O)NC(=O)C42)C3c2ccc3ccccc3c2O)cc1. The number of carbonyl (C=O) groups excluding carboxylic acids is 4. The largest absolute Gasteiger partial charge is 0.507 e. The van der Waals surface area contributed by atoms with E-state index in [0.717, 1.165) is 16.0 Å². The highest BCUT2D eigenvalue weighted by Crippen LogP contribution is 2.65. The number of amides is 4. The maximum Gasteiger partial charge on any atom is 0.260 e. The molecule has 0 radical (unpaired) electrons. The predicted octanol–water partition coefficient (Wildman–Crippen LogP) is 6.13. The molecule has 9 nitrogen and oxygen atoms in total. The zero-order valence-electron chi connectivity index (χ0n) is 25.6. The summed E-state index contributed by atoms with van der Waals surface area (Å²) in [5, 5.41) is 17.5. The van der Waals surface area contributed by atoms with Crippen LogP contribution in [0.1, 0.15) is 29.9 Å². The van der Waals surface area contributed by atoms with Crippen molar-refractivity contribution in [1.82, 2.24) is 10.3 Å². The van der Waals surface area contributed by atoms with E-state index in [4.69, 9.17) is 27.9 Å². The van der Waals surface area contributed by atoms with Gasteiger partial charge in [-0.15, -0.1) is 0 Å². The van der Waals surface area contributed by atoms with E-state index >= 15 is 4.79 Å². The van der Waals surface area contributed by atoms with Crippen molar-refractivity contribution in [3.05, 3.63) is 112 Å². The van der Waals surface area contributed by atoms with Gasteiger partial charge < -0.3 is 9.84 Å². The predicted molar refractivity (Wildman–Crippen MR) is 179 cm³/mol. The fourth-order valence-electron chi connectivity index (χ4n) is 8.60. The van der Waals surface area contributed by atoms with Gasteiger partial charge in [0.25, 0.3) is 11.8 Å². The molecule has 2 aliphatic carbocycles. The molecule has 2 saturated heterocycles. The Bertz CT molecular complexity index is 2100. The zero-order chi connectivity index (χ0) is 33.5. The lowest BCUT2D eigenvalue weighted by molar-refractivity contribution is -0.138. The van der Waals surface area contributed by atoms with E-state index in [1.54, 1.807) is 55.6 Å². The van der Waals surface area contributed by atoms with E-state index in [-0.39, 0.29) is 29.5 Å². The molecule has 1 saturated carbocycles. The molecule has 3 fully saturated rings. The van der Waals surface area contributed by atoms with Crippen LogP contribution in [0.5, 0.6) is 11.5 Å². The number of carbonyl (C=O) groups is 4. The molecule has 2 aliphatic heterocycles. The molecule has 242 valence electrons. The van der Waals surface area contributed by atoms with E-state index in [2.05, 4.69) is 10.7 Å². The fraction of sp³-hybridized carbons (Fsp3) is 0.243. The maximum atomic E-state index is 15.3. The summed E-state index contributed by atoms with van der Waals surface area (Å²) in [6.45, 7) is 0. The average molecular weight is 683 g/mol. The highest BCUT2D eigenvalue weighted by atomic mass is 35.5. The standard InChI is InChI=1S/C37H29Cl2N3O6/c1-48-21-10-7-19(8-11-21)37-27(35(46)42(36(37)47)41-29-15-9-20(38)16-28(29)39)17-26-23(13-14-24-30(26)34(45)40-33(24)44)31(37)25-12-6-18-4-2-3-5-22(18)32(25)43/h2-13,15-16,24,26-27,30-31,41,43H,14,17H2,1H3,(H,40,44,45). The first-order valence-corrected chi connectivity index (χ1v) is 16.4. The first kappa shape index (κ1) is 30.5. The summed E-state index contributed by atoms with van der Waals surface area (Å²) in [6, 6.07) is 22.8. The molecule has 6 unspecified atom stereocenters. The van der Waals surface area contributed by atoms with Crippen molar-refractivity contribution in [2.45, 2.75) is 24.2 Å². The van der Waals surface area contributed by atoms with Crippen molar-refractivity contribution in [3.63, 3.8) is 0 Å². The second kappa shape index (κ2) is 11.1. The Labute approximate surface area is 285 Å². The minimum Gasteiger partial charge on any atom is -0.507 e. The monoisotopic (exact) mass is 681 g/mol. The fourth-order valence-corrected chi connectivity index (χ4v) is 9.05. The Balaban J connectivity index is 1.40. The minimum absolute atomic E-state index is 0.0206. The number of anilines is 1. The van der Waals surface area contributed by atoms with Gasteiger partial charge in [-0.05, 0) is 60.0 Å². The lowest BCUT2D eigenvalue weighted by atomic mass is 9.49. The third kappa shape index (κ3) is 4.23. The molecule has 0 aromatic heterocycles. The zero-order valence-corrected chi connectivity index (χ0v) is 27.1. The number of phenols is 1. The summed E-state index contributed by atoms with van der Waals surface area (Å²) < 4.78 is 5.44. The molecule has 0 bridgehead atoms. The van der Waals surface area contributed by atoms with Crippen LogP contribution in [0, 0.1) is 23.7 Å². The van der Waals surface area contributed by atoms with Crippen molar-refractivity contribution in [2.75, 3.05) is 12.5 Å². The number of imide groups is 2. The van der Waals surface area contributed by atoms with Crippen LogP contribution in [0.25, 0.3) is 10.8 Å². The summed E-state index contributed by atoms with van der Waals surface area (Å²) in [6.07, 6.45) is 2.35. The van der Waals surface area contributed by atoms with E-state index in [1.165, 1.54) is 6.07 Å². The molecule has 0 spiro atoms. The number of allylic oxidation sites excluding steroid dienone is 2. The summed E-state index contributed by atoms with van der Waals surface area (Å²) in [5.41, 5.74) is 3.44. The highest BCUT2D eigenvalue weighted by Gasteiger charge is 2.70. The number of fused-ring (bicyclic) bond motifs is 5. The smallest absolute Gasteiger partial charge is 0.260 e. The minimum atomic E-state index is -1.57. The van der Waals surface area contributed by atoms with Gasteiger partial charge in [0, 0.05) is 21.9 Å². The number of halogens is 2. The number of hydrogen-bond donors (Lipinski definition) is 3. The van der Waals surface area contributed by atoms with Gasteiger partial charge in [-0.1, -0.05) is 83.4 Å². The van der Waals surface area contributed by atoms with Crippen molar-refractivity contribution in [1.29, 1.82) is 0 Å². The van der Waals surface area contributed by atoms with Crippen molar-refractivity contribution in [2.24, 2.45) is 23.7 Å². The first-order valence-electron chi connectivity index (χ1n) is 15.6. The van der Waals surface area contributed by atoms with Crippen LogP contribution < -0.4 is 15.5 Å². The van der Waals surface area contributed by atoms with Crippen molar-refractivity contribution >= 4 is 63.3 Å². The van der Waals surface area contributed by atoms with Gasteiger partial charge in [-0.3, -0.25) is 29.9 Å². The highest BCUT2D eigenvalue weighted by molar-refractivity contribution is 6.36. The molecule has 2 heterocycles. The van der Waals surface area contributed by atoms with E-state index in [0.29, 0.717) is 33.0 Å². The number of phenolic OH excluding ortho intramolecular Hbond substituents is 1. The van der Waals surface area contributed by atoms with E-state index in [1.807, 2.05) is 30.3 Å². The molecule has 4 aromatic carbocycles. The number of benzene rings is 4. The molecule has 11 heteroatoms. The van der Waals surface area contributed by atoms with Crippen LogP contribution >= 0.6 is 23.2 Å². The first-order chi connectivity index (χ1) is 23.1. The summed E-state index contributed by atoms with van der Waals surface area (Å²) in [5.74, 6) is -4.96. The molecule has 3 N–H and O–H groups in total. The van der Waals surface area contributed by atoms with Crippen LogP contribution in [-0.4, -0.2) is 40.9 Å². The summed E-state index contributed by atoms with van der Waals surface area (Å²) in [7, 11) is 1.54. The van der Waals surface area contributed by atoms with Crippen LogP contribution in [-0.2, 0) is 24.6 Å². The molecule has 4 aromatic rings. The second-order valence-corrected chi connectivity index (χ2v) is 13.6. The second-order valence-electron chi connectivity index (χ2n) is 12.8. The van der Waals surface area contributed by atoms with Gasteiger partial charge >= 0.3 is 0 Å². The molecule has 4 aliphatic rings. The number of ether oxygens (including phenoxy) is 1. The van der Waals surface area contributed by atoms with Gasteiger partial charge in [0.15, 0.2) is 0 Å². The number of hydrazine groups is 1. The van der Waals surface area contributed by atoms with Gasteiger partial charge in [-0.2, -0.15) is 5.01 Å². The maximum absolute atomic E-state index is 15.3. The van der Waals surface area contributed by atoms with Crippen LogP contribution in [0.15, 0.2) is 90.5 Å².